The van der Waals surface area contributed by atoms with Crippen molar-refractivity contribution < 1.29 is 4.79 Å². The molecule has 0 spiro atoms. The van der Waals surface area contributed by atoms with E-state index in [0.717, 1.165) is 11.3 Å². The van der Waals surface area contributed by atoms with Crippen molar-refractivity contribution in [2.24, 2.45) is 0 Å². The minimum Gasteiger partial charge on any atom is -0.325 e. The topological polar surface area (TPSA) is 29.1 Å². The Kier molecular flexibility index (Phi) is 5.77. The van der Waals surface area contributed by atoms with E-state index in [1.54, 1.807) is 18.2 Å². The first kappa shape index (κ1) is 15.2. The summed E-state index contributed by atoms with van der Waals surface area (Å²) in [6.07, 6.45) is 0. The van der Waals surface area contributed by atoms with Crippen LogP contribution in [0.5, 0.6) is 0 Å². The number of rotatable bonds is 5. The Morgan fingerprint density at radius 3 is 2.30 bits per heavy atom. The van der Waals surface area contributed by atoms with E-state index in [1.807, 2.05) is 30.3 Å². The van der Waals surface area contributed by atoms with Gasteiger partial charge in [-0.05, 0) is 29.8 Å². The van der Waals surface area contributed by atoms with Crippen molar-refractivity contribution in [3.63, 3.8) is 0 Å². The van der Waals surface area contributed by atoms with Crippen molar-refractivity contribution in [1.82, 2.24) is 0 Å². The molecule has 20 heavy (non-hydrogen) atoms. The number of hydrogen-bond donors (Lipinski definition) is 1. The Balaban J connectivity index is 1.83. The van der Waals surface area contributed by atoms with Gasteiger partial charge in [-0.3, -0.25) is 4.79 Å². The van der Waals surface area contributed by atoms with Gasteiger partial charge in [0, 0.05) is 21.5 Å². The summed E-state index contributed by atoms with van der Waals surface area (Å²) in [6.45, 7) is 0. The molecule has 0 aliphatic heterocycles. The smallest absolute Gasteiger partial charge is 0.234 e. The molecule has 0 aliphatic carbocycles. The number of para-hydroxylation sites is 1. The van der Waals surface area contributed by atoms with Crippen LogP contribution in [0.15, 0.2) is 48.5 Å². The molecule has 0 bridgehead atoms. The van der Waals surface area contributed by atoms with E-state index in [0.29, 0.717) is 21.6 Å². The standard InChI is InChI=1S/C15H13Cl2NOS/c16-13-7-4-8-14(17)12(13)9-20-10-15(19)18-11-5-2-1-3-6-11/h1-8H,9-10H2,(H,18,19). The summed E-state index contributed by atoms with van der Waals surface area (Å²) in [6, 6.07) is 14.8. The van der Waals surface area contributed by atoms with Gasteiger partial charge in [0.05, 0.1) is 5.75 Å². The molecule has 1 N–H and O–H groups in total. The predicted octanol–water partition coefficient (Wildman–Crippen LogP) is 4.87. The van der Waals surface area contributed by atoms with Crippen LogP contribution < -0.4 is 5.32 Å². The highest BCUT2D eigenvalue weighted by atomic mass is 35.5. The van der Waals surface area contributed by atoms with Gasteiger partial charge in [0.25, 0.3) is 0 Å². The van der Waals surface area contributed by atoms with Crippen LogP contribution in [0, 0.1) is 0 Å². The lowest BCUT2D eigenvalue weighted by Gasteiger charge is -2.07. The first-order chi connectivity index (χ1) is 9.66. The van der Waals surface area contributed by atoms with E-state index < -0.39 is 0 Å². The van der Waals surface area contributed by atoms with E-state index in [9.17, 15) is 4.79 Å². The van der Waals surface area contributed by atoms with E-state index in [2.05, 4.69) is 5.32 Å². The zero-order chi connectivity index (χ0) is 14.4. The molecule has 0 atom stereocenters. The minimum atomic E-state index is -0.0376. The van der Waals surface area contributed by atoms with Crippen molar-refractivity contribution >= 4 is 46.6 Å². The summed E-state index contributed by atoms with van der Waals surface area (Å²) in [7, 11) is 0. The largest absolute Gasteiger partial charge is 0.325 e. The maximum Gasteiger partial charge on any atom is 0.234 e. The normalized spacial score (nSPS) is 10.3. The maximum absolute atomic E-state index is 11.8. The molecular weight excluding hydrogens is 313 g/mol. The second-order valence-corrected chi connectivity index (χ2v) is 5.91. The highest BCUT2D eigenvalue weighted by Crippen LogP contribution is 2.28. The molecule has 0 fully saturated rings. The van der Waals surface area contributed by atoms with E-state index >= 15 is 0 Å². The van der Waals surface area contributed by atoms with Gasteiger partial charge in [-0.25, -0.2) is 0 Å². The quantitative estimate of drug-likeness (QED) is 0.850. The summed E-state index contributed by atoms with van der Waals surface area (Å²) in [4.78, 5) is 11.8. The lowest BCUT2D eigenvalue weighted by atomic mass is 10.2. The second kappa shape index (κ2) is 7.58. The van der Waals surface area contributed by atoms with Gasteiger partial charge in [0.15, 0.2) is 0 Å². The maximum atomic E-state index is 11.8. The third-order valence-corrected chi connectivity index (χ3v) is 4.27. The number of nitrogens with one attached hydrogen (secondary N) is 1. The Morgan fingerprint density at radius 2 is 1.65 bits per heavy atom. The number of carbonyl (C=O) groups excluding carboxylic acids is 1. The Labute approximate surface area is 132 Å². The first-order valence-corrected chi connectivity index (χ1v) is 7.93. The van der Waals surface area contributed by atoms with Gasteiger partial charge in [0.1, 0.15) is 0 Å². The number of thioether (sulfide) groups is 1. The van der Waals surface area contributed by atoms with Crippen LogP contribution >= 0.6 is 35.0 Å². The summed E-state index contributed by atoms with van der Waals surface area (Å²) in [5, 5.41) is 4.10. The van der Waals surface area contributed by atoms with Gasteiger partial charge < -0.3 is 5.32 Å². The average Bonchev–Trinajstić information content (AvgIpc) is 2.43. The van der Waals surface area contributed by atoms with Crippen molar-refractivity contribution in [2.75, 3.05) is 11.1 Å². The molecule has 2 aromatic carbocycles. The highest BCUT2D eigenvalue weighted by molar-refractivity contribution is 7.99. The lowest BCUT2D eigenvalue weighted by molar-refractivity contribution is -0.113. The number of halogens is 2. The fraction of sp³-hybridized carbons (Fsp3) is 0.133. The zero-order valence-electron chi connectivity index (χ0n) is 10.6. The number of anilines is 1. The van der Waals surface area contributed by atoms with Gasteiger partial charge in [-0.15, -0.1) is 11.8 Å². The van der Waals surface area contributed by atoms with E-state index in [1.165, 1.54) is 11.8 Å². The molecule has 5 heteroatoms. The van der Waals surface area contributed by atoms with Crippen LogP contribution in [0.4, 0.5) is 5.69 Å². The number of hydrogen-bond acceptors (Lipinski definition) is 2. The van der Waals surface area contributed by atoms with Gasteiger partial charge in [-0.1, -0.05) is 47.5 Å². The van der Waals surface area contributed by atoms with Crippen molar-refractivity contribution in [1.29, 1.82) is 0 Å². The van der Waals surface area contributed by atoms with E-state index in [4.69, 9.17) is 23.2 Å². The SMILES string of the molecule is O=C(CSCc1c(Cl)cccc1Cl)Nc1ccccc1. The summed E-state index contributed by atoms with van der Waals surface area (Å²) < 4.78 is 0. The van der Waals surface area contributed by atoms with Crippen molar-refractivity contribution in [3.8, 4) is 0 Å². The predicted molar refractivity (Wildman–Crippen MR) is 87.7 cm³/mol. The number of amides is 1. The van der Waals surface area contributed by atoms with Crippen LogP contribution in [-0.2, 0) is 10.5 Å². The lowest BCUT2D eigenvalue weighted by Crippen LogP contribution is -2.14. The molecule has 2 rings (SSSR count). The van der Waals surface area contributed by atoms with Crippen LogP contribution in [-0.4, -0.2) is 11.7 Å². The first-order valence-electron chi connectivity index (χ1n) is 6.02. The minimum absolute atomic E-state index is 0.0376. The monoisotopic (exact) mass is 325 g/mol. The molecule has 0 heterocycles. The van der Waals surface area contributed by atoms with Gasteiger partial charge in [-0.2, -0.15) is 0 Å². The number of carbonyl (C=O) groups is 1. The summed E-state index contributed by atoms with van der Waals surface area (Å²) in [5.41, 5.74) is 1.67. The molecule has 0 radical (unpaired) electrons. The molecule has 0 unspecified atom stereocenters. The molecule has 2 nitrogen and oxygen atoms in total. The molecular formula is C15H13Cl2NOS. The fourth-order valence-electron chi connectivity index (χ4n) is 1.63. The molecule has 2 aromatic rings. The van der Waals surface area contributed by atoms with Crippen LogP contribution in [0.2, 0.25) is 10.0 Å². The zero-order valence-corrected chi connectivity index (χ0v) is 12.9. The third kappa shape index (κ3) is 4.44. The average molecular weight is 326 g/mol. The van der Waals surface area contributed by atoms with Crippen LogP contribution in [0.3, 0.4) is 0 Å². The fourth-order valence-corrected chi connectivity index (χ4v) is 3.20. The molecule has 1 amide bonds. The Morgan fingerprint density at radius 1 is 1.00 bits per heavy atom. The summed E-state index contributed by atoms with van der Waals surface area (Å²) in [5.74, 6) is 0.932. The van der Waals surface area contributed by atoms with Gasteiger partial charge >= 0.3 is 0 Å². The third-order valence-electron chi connectivity index (χ3n) is 2.60. The van der Waals surface area contributed by atoms with E-state index in [-0.39, 0.29) is 5.91 Å². The molecule has 0 saturated carbocycles. The molecule has 0 aliphatic rings. The highest BCUT2D eigenvalue weighted by Gasteiger charge is 2.07. The Hall–Kier alpha value is -1.16. The molecule has 104 valence electrons. The summed E-state index contributed by atoms with van der Waals surface area (Å²) >= 11 is 13.6. The van der Waals surface area contributed by atoms with Gasteiger partial charge in [0.2, 0.25) is 5.91 Å². The molecule has 0 saturated heterocycles. The number of benzene rings is 2. The van der Waals surface area contributed by atoms with Crippen LogP contribution in [0.1, 0.15) is 5.56 Å². The Bertz CT molecular complexity index is 569. The van der Waals surface area contributed by atoms with Crippen molar-refractivity contribution in [3.05, 3.63) is 64.1 Å². The second-order valence-electron chi connectivity index (χ2n) is 4.11. The van der Waals surface area contributed by atoms with Crippen molar-refractivity contribution in [2.45, 2.75) is 5.75 Å². The van der Waals surface area contributed by atoms with Crippen LogP contribution in [0.25, 0.3) is 0 Å². The molecule has 0 aromatic heterocycles.